The van der Waals surface area contributed by atoms with Gasteiger partial charge in [0, 0.05) is 32.2 Å². The van der Waals surface area contributed by atoms with Crippen LogP contribution in [0.25, 0.3) is 0 Å². The van der Waals surface area contributed by atoms with Crippen LogP contribution in [-0.2, 0) is 16.7 Å². The molecule has 2 aromatic heterocycles. The number of hydrogen-bond donors (Lipinski definition) is 1. The van der Waals surface area contributed by atoms with Crippen LogP contribution < -0.4 is 10.2 Å². The van der Waals surface area contributed by atoms with Crippen LogP contribution in [0.4, 0.5) is 11.5 Å². The lowest BCUT2D eigenvalue weighted by Gasteiger charge is -2.34. The van der Waals surface area contributed by atoms with Gasteiger partial charge >= 0.3 is 0 Å². The molecule has 4 heterocycles. The van der Waals surface area contributed by atoms with Crippen molar-refractivity contribution in [2.24, 2.45) is 0 Å². The first-order valence-corrected chi connectivity index (χ1v) is 9.14. The molecule has 6 nitrogen and oxygen atoms in total. The molecule has 0 amide bonds. The van der Waals surface area contributed by atoms with E-state index >= 15 is 0 Å². The molecule has 0 radical (unpaired) electrons. The molecule has 1 fully saturated rings. The van der Waals surface area contributed by atoms with E-state index in [0.717, 1.165) is 69.4 Å². The average molecular weight is 337 g/mol. The third-order valence-corrected chi connectivity index (χ3v) is 5.51. The quantitative estimate of drug-likeness (QED) is 0.870. The summed E-state index contributed by atoms with van der Waals surface area (Å²) in [7, 11) is 0. The fourth-order valence-corrected chi connectivity index (χ4v) is 3.92. The molecule has 1 saturated heterocycles. The molecule has 1 aliphatic carbocycles. The standard InChI is InChI=1S/C19H23N5O/c1-5-19(6-1,17-13-18-20-7-2-8-24(18)22-17)16-4-3-15(14-21-16)23-9-11-25-12-10-23/h1,3-5,13-14,20H,2,6-12H2. The lowest BCUT2D eigenvalue weighted by molar-refractivity contribution is 0.122. The maximum Gasteiger partial charge on any atom is 0.124 e. The van der Waals surface area contributed by atoms with Crippen LogP contribution in [0, 0.1) is 0 Å². The number of morpholine rings is 1. The number of anilines is 2. The monoisotopic (exact) mass is 337 g/mol. The molecule has 0 aromatic carbocycles. The van der Waals surface area contributed by atoms with Crippen molar-refractivity contribution in [3.63, 3.8) is 0 Å². The number of nitrogens with one attached hydrogen (secondary N) is 1. The number of rotatable bonds is 3. The zero-order valence-electron chi connectivity index (χ0n) is 14.3. The van der Waals surface area contributed by atoms with E-state index < -0.39 is 0 Å². The Hall–Kier alpha value is -2.34. The number of ether oxygens (including phenoxy) is 1. The largest absolute Gasteiger partial charge is 0.378 e. The van der Waals surface area contributed by atoms with E-state index in [1.54, 1.807) is 0 Å². The summed E-state index contributed by atoms with van der Waals surface area (Å²) in [5.74, 6) is 1.13. The first kappa shape index (κ1) is 15.0. The summed E-state index contributed by atoms with van der Waals surface area (Å²) in [4.78, 5) is 7.16. The molecule has 2 aromatic rings. The van der Waals surface area contributed by atoms with Gasteiger partial charge in [-0.2, -0.15) is 5.10 Å². The lowest BCUT2D eigenvalue weighted by atomic mass is 9.71. The minimum absolute atomic E-state index is 0.171. The van der Waals surface area contributed by atoms with Gasteiger partial charge in [0.15, 0.2) is 0 Å². The molecule has 5 rings (SSSR count). The van der Waals surface area contributed by atoms with Crippen LogP contribution in [0.3, 0.4) is 0 Å². The molecule has 3 aliphatic rings. The van der Waals surface area contributed by atoms with Gasteiger partial charge in [-0.1, -0.05) is 12.2 Å². The van der Waals surface area contributed by atoms with E-state index in [1.807, 2.05) is 6.20 Å². The molecular formula is C19H23N5O. The van der Waals surface area contributed by atoms with Crippen molar-refractivity contribution in [2.45, 2.75) is 24.8 Å². The fourth-order valence-electron chi connectivity index (χ4n) is 3.92. The van der Waals surface area contributed by atoms with E-state index in [4.69, 9.17) is 14.8 Å². The average Bonchev–Trinajstić information content (AvgIpc) is 3.06. The second kappa shape index (κ2) is 5.88. The Balaban J connectivity index is 1.46. The molecule has 1 N–H and O–H groups in total. The Morgan fingerprint density at radius 3 is 2.68 bits per heavy atom. The summed E-state index contributed by atoms with van der Waals surface area (Å²) in [6.07, 6.45) is 8.56. The van der Waals surface area contributed by atoms with Gasteiger partial charge in [0.25, 0.3) is 0 Å². The van der Waals surface area contributed by atoms with E-state index in [1.165, 1.54) is 5.69 Å². The molecule has 6 heteroatoms. The number of aromatic nitrogens is 3. The maximum absolute atomic E-state index is 5.44. The van der Waals surface area contributed by atoms with Crippen molar-refractivity contribution >= 4 is 11.5 Å². The Morgan fingerprint density at radius 2 is 2.00 bits per heavy atom. The minimum atomic E-state index is -0.171. The molecular weight excluding hydrogens is 314 g/mol. The summed E-state index contributed by atoms with van der Waals surface area (Å²) >= 11 is 0. The van der Waals surface area contributed by atoms with Crippen molar-refractivity contribution in [3.8, 4) is 0 Å². The van der Waals surface area contributed by atoms with Crippen LogP contribution >= 0.6 is 0 Å². The van der Waals surface area contributed by atoms with Crippen molar-refractivity contribution in [3.05, 3.63) is 47.9 Å². The number of allylic oxidation sites excluding steroid dienone is 2. The van der Waals surface area contributed by atoms with Crippen LogP contribution in [-0.4, -0.2) is 47.6 Å². The first-order chi connectivity index (χ1) is 12.4. The minimum Gasteiger partial charge on any atom is -0.378 e. The van der Waals surface area contributed by atoms with E-state index in [-0.39, 0.29) is 5.41 Å². The van der Waals surface area contributed by atoms with Crippen molar-refractivity contribution < 1.29 is 4.74 Å². The molecule has 1 unspecified atom stereocenters. The highest BCUT2D eigenvalue weighted by Gasteiger charge is 2.40. The molecule has 1 atom stereocenters. The van der Waals surface area contributed by atoms with Gasteiger partial charge < -0.3 is 15.0 Å². The van der Waals surface area contributed by atoms with E-state index in [9.17, 15) is 0 Å². The second-order valence-electron chi connectivity index (χ2n) is 7.00. The molecule has 0 spiro atoms. The van der Waals surface area contributed by atoms with Crippen LogP contribution in [0.15, 0.2) is 36.5 Å². The number of aryl methyl sites for hydroxylation is 1. The Bertz CT molecular complexity index is 767. The molecule has 0 saturated carbocycles. The summed E-state index contributed by atoms with van der Waals surface area (Å²) < 4.78 is 7.53. The Morgan fingerprint density at radius 1 is 1.12 bits per heavy atom. The fraction of sp³-hybridized carbons (Fsp3) is 0.474. The highest BCUT2D eigenvalue weighted by molar-refractivity contribution is 5.52. The number of hydrogen-bond acceptors (Lipinski definition) is 5. The van der Waals surface area contributed by atoms with Crippen LogP contribution in [0.5, 0.6) is 0 Å². The van der Waals surface area contributed by atoms with Gasteiger partial charge in [-0.25, -0.2) is 4.68 Å². The Labute approximate surface area is 147 Å². The lowest BCUT2D eigenvalue weighted by Crippen LogP contribution is -2.36. The second-order valence-corrected chi connectivity index (χ2v) is 7.00. The third-order valence-electron chi connectivity index (χ3n) is 5.51. The highest BCUT2D eigenvalue weighted by atomic mass is 16.5. The molecule has 25 heavy (non-hydrogen) atoms. The summed E-state index contributed by atoms with van der Waals surface area (Å²) in [5, 5.41) is 8.31. The predicted molar refractivity (Wildman–Crippen MR) is 97.1 cm³/mol. The maximum atomic E-state index is 5.44. The van der Waals surface area contributed by atoms with E-state index in [0.29, 0.717) is 0 Å². The van der Waals surface area contributed by atoms with Gasteiger partial charge in [0.05, 0.1) is 41.9 Å². The normalized spacial score (nSPS) is 25.2. The van der Waals surface area contributed by atoms with E-state index in [2.05, 4.69) is 45.2 Å². The van der Waals surface area contributed by atoms with Crippen molar-refractivity contribution in [2.75, 3.05) is 43.1 Å². The van der Waals surface area contributed by atoms with Crippen molar-refractivity contribution in [1.82, 2.24) is 14.8 Å². The number of fused-ring (bicyclic) bond motifs is 1. The first-order valence-electron chi connectivity index (χ1n) is 9.14. The SMILES string of the molecule is C1=CC(c2ccc(N3CCOCC3)cn2)(c2cc3n(n2)CCCN3)C1. The summed E-state index contributed by atoms with van der Waals surface area (Å²) in [5.41, 5.74) is 3.19. The Kier molecular flexibility index (Phi) is 3.52. The zero-order chi connectivity index (χ0) is 16.7. The van der Waals surface area contributed by atoms with Gasteiger partial charge in [-0.15, -0.1) is 0 Å². The predicted octanol–water partition coefficient (Wildman–Crippen LogP) is 2.18. The molecule has 0 bridgehead atoms. The van der Waals surface area contributed by atoms with Gasteiger partial charge in [-0.05, 0) is 25.0 Å². The topological polar surface area (TPSA) is 55.2 Å². The van der Waals surface area contributed by atoms with Gasteiger partial charge in [0.2, 0.25) is 0 Å². The summed E-state index contributed by atoms with van der Waals surface area (Å²) in [6, 6.07) is 6.55. The third kappa shape index (κ3) is 2.43. The van der Waals surface area contributed by atoms with Crippen LogP contribution in [0.1, 0.15) is 24.2 Å². The number of pyridine rings is 1. The van der Waals surface area contributed by atoms with Gasteiger partial charge in [0.1, 0.15) is 5.82 Å². The van der Waals surface area contributed by atoms with Gasteiger partial charge in [-0.3, -0.25) is 4.98 Å². The highest BCUT2D eigenvalue weighted by Crippen LogP contribution is 2.43. The van der Waals surface area contributed by atoms with Crippen molar-refractivity contribution in [1.29, 1.82) is 0 Å². The molecule has 2 aliphatic heterocycles. The smallest absolute Gasteiger partial charge is 0.124 e. The zero-order valence-corrected chi connectivity index (χ0v) is 14.3. The summed E-state index contributed by atoms with van der Waals surface area (Å²) in [6.45, 7) is 5.48. The molecule has 130 valence electrons. The van der Waals surface area contributed by atoms with Crippen LogP contribution in [0.2, 0.25) is 0 Å². The number of nitrogens with zero attached hydrogens (tertiary/aromatic N) is 4.